The van der Waals surface area contributed by atoms with Crippen molar-refractivity contribution in [3.8, 4) is 11.3 Å². The van der Waals surface area contributed by atoms with Gasteiger partial charge in [0.2, 0.25) is 0 Å². The lowest BCUT2D eigenvalue weighted by atomic mass is 10.1. The Morgan fingerprint density at radius 2 is 1.73 bits per heavy atom. The van der Waals surface area contributed by atoms with Crippen LogP contribution in [0.5, 0.6) is 0 Å². The van der Waals surface area contributed by atoms with Crippen LogP contribution >= 0.6 is 0 Å². The first-order chi connectivity index (χ1) is 12.6. The molecule has 7 heteroatoms. The Balaban J connectivity index is 1.68. The molecule has 132 valence electrons. The van der Waals surface area contributed by atoms with E-state index in [9.17, 15) is 9.59 Å². The summed E-state index contributed by atoms with van der Waals surface area (Å²) < 4.78 is 0. The highest BCUT2D eigenvalue weighted by Crippen LogP contribution is 2.18. The van der Waals surface area contributed by atoms with Gasteiger partial charge in [-0.1, -0.05) is 42.5 Å². The van der Waals surface area contributed by atoms with E-state index in [4.69, 9.17) is 5.21 Å². The third kappa shape index (κ3) is 3.79. The van der Waals surface area contributed by atoms with Crippen LogP contribution in [0, 0.1) is 0 Å². The van der Waals surface area contributed by atoms with Gasteiger partial charge in [-0.25, -0.2) is 5.48 Å². The van der Waals surface area contributed by atoms with Crippen molar-refractivity contribution in [2.45, 2.75) is 13.0 Å². The number of aromatic amines is 1. The highest BCUT2D eigenvalue weighted by molar-refractivity contribution is 5.94. The SMILES string of the molecule is CC(NC(=O)c1cc(-c2ccccc2)n[nH]1)c1ccc(C(=O)NO)cc1. The van der Waals surface area contributed by atoms with E-state index >= 15 is 0 Å². The standard InChI is InChI=1S/C19H18N4O3/c1-12(13-7-9-15(10-8-13)18(24)23-26)20-19(25)17-11-16(21-22-17)14-5-3-2-4-6-14/h2-12,26H,1H3,(H,20,25)(H,21,22)(H,23,24). The summed E-state index contributed by atoms with van der Waals surface area (Å²) in [5.41, 5.74) is 4.73. The van der Waals surface area contributed by atoms with Crippen molar-refractivity contribution in [3.05, 3.63) is 77.5 Å². The van der Waals surface area contributed by atoms with Gasteiger partial charge in [-0.15, -0.1) is 0 Å². The molecule has 0 saturated carbocycles. The van der Waals surface area contributed by atoms with E-state index in [-0.39, 0.29) is 11.9 Å². The van der Waals surface area contributed by atoms with Gasteiger partial charge in [-0.2, -0.15) is 5.10 Å². The number of hydrogen-bond donors (Lipinski definition) is 4. The molecular formula is C19H18N4O3. The first-order valence-electron chi connectivity index (χ1n) is 8.04. The van der Waals surface area contributed by atoms with Crippen LogP contribution in [0.4, 0.5) is 0 Å². The van der Waals surface area contributed by atoms with Gasteiger partial charge >= 0.3 is 0 Å². The first kappa shape index (κ1) is 17.4. The molecule has 26 heavy (non-hydrogen) atoms. The molecule has 1 heterocycles. The maximum atomic E-state index is 12.4. The van der Waals surface area contributed by atoms with E-state index in [1.165, 1.54) is 0 Å². The summed E-state index contributed by atoms with van der Waals surface area (Å²) in [5, 5.41) is 18.4. The largest absolute Gasteiger partial charge is 0.344 e. The number of amides is 2. The minimum Gasteiger partial charge on any atom is -0.344 e. The van der Waals surface area contributed by atoms with Crippen molar-refractivity contribution in [1.29, 1.82) is 0 Å². The zero-order valence-corrected chi connectivity index (χ0v) is 14.1. The number of nitrogens with one attached hydrogen (secondary N) is 3. The van der Waals surface area contributed by atoms with Gasteiger partial charge < -0.3 is 5.32 Å². The topological polar surface area (TPSA) is 107 Å². The first-order valence-corrected chi connectivity index (χ1v) is 8.04. The molecule has 0 aliphatic heterocycles. The summed E-state index contributed by atoms with van der Waals surface area (Å²) in [6, 6.07) is 17.6. The number of benzene rings is 2. The van der Waals surface area contributed by atoms with E-state index in [0.29, 0.717) is 17.0 Å². The maximum Gasteiger partial charge on any atom is 0.274 e. The molecule has 0 radical (unpaired) electrons. The van der Waals surface area contributed by atoms with Crippen LogP contribution in [0.25, 0.3) is 11.3 Å². The molecule has 7 nitrogen and oxygen atoms in total. The average Bonchev–Trinajstić information content (AvgIpc) is 3.18. The lowest BCUT2D eigenvalue weighted by molar-refractivity contribution is 0.0706. The van der Waals surface area contributed by atoms with Crippen molar-refractivity contribution in [2.24, 2.45) is 0 Å². The monoisotopic (exact) mass is 350 g/mol. The lowest BCUT2D eigenvalue weighted by Crippen LogP contribution is -2.27. The van der Waals surface area contributed by atoms with E-state index in [1.807, 2.05) is 37.3 Å². The predicted octanol–water partition coefficient (Wildman–Crippen LogP) is 2.69. The Bertz CT molecular complexity index is 904. The van der Waals surface area contributed by atoms with Crippen molar-refractivity contribution in [3.63, 3.8) is 0 Å². The smallest absolute Gasteiger partial charge is 0.274 e. The molecule has 2 amide bonds. The Labute approximate surface area is 150 Å². The molecule has 1 unspecified atom stereocenters. The summed E-state index contributed by atoms with van der Waals surface area (Å²) in [4.78, 5) is 23.7. The molecule has 0 spiro atoms. The Morgan fingerprint density at radius 3 is 2.38 bits per heavy atom. The second-order valence-corrected chi connectivity index (χ2v) is 5.79. The quantitative estimate of drug-likeness (QED) is 0.419. The summed E-state index contributed by atoms with van der Waals surface area (Å²) in [7, 11) is 0. The zero-order chi connectivity index (χ0) is 18.5. The van der Waals surface area contributed by atoms with E-state index < -0.39 is 5.91 Å². The number of hydrogen-bond acceptors (Lipinski definition) is 4. The Morgan fingerprint density at radius 1 is 1.04 bits per heavy atom. The fourth-order valence-electron chi connectivity index (χ4n) is 2.54. The molecule has 3 rings (SSSR count). The fraction of sp³-hybridized carbons (Fsp3) is 0.105. The molecule has 0 saturated heterocycles. The van der Waals surface area contributed by atoms with Crippen molar-refractivity contribution < 1.29 is 14.8 Å². The van der Waals surface area contributed by atoms with Gasteiger partial charge in [0.15, 0.2) is 0 Å². The van der Waals surface area contributed by atoms with Crippen LogP contribution in [0.1, 0.15) is 39.4 Å². The van der Waals surface area contributed by atoms with Crippen LogP contribution in [0.3, 0.4) is 0 Å². The van der Waals surface area contributed by atoms with Gasteiger partial charge in [0, 0.05) is 11.1 Å². The summed E-state index contributed by atoms with van der Waals surface area (Å²) in [6.07, 6.45) is 0. The molecule has 1 aromatic heterocycles. The summed E-state index contributed by atoms with van der Waals surface area (Å²) >= 11 is 0. The van der Waals surface area contributed by atoms with Crippen LogP contribution in [-0.2, 0) is 0 Å². The lowest BCUT2D eigenvalue weighted by Gasteiger charge is -2.14. The molecule has 0 fully saturated rings. The number of hydroxylamine groups is 1. The highest BCUT2D eigenvalue weighted by Gasteiger charge is 2.15. The van der Waals surface area contributed by atoms with Crippen molar-refractivity contribution in [2.75, 3.05) is 0 Å². The minimum atomic E-state index is -0.584. The number of rotatable bonds is 5. The van der Waals surface area contributed by atoms with Crippen LogP contribution < -0.4 is 10.8 Å². The van der Waals surface area contributed by atoms with Crippen LogP contribution in [-0.4, -0.2) is 27.2 Å². The van der Waals surface area contributed by atoms with Crippen LogP contribution in [0.15, 0.2) is 60.7 Å². The van der Waals surface area contributed by atoms with Crippen molar-refractivity contribution in [1.82, 2.24) is 21.0 Å². The second kappa shape index (κ2) is 7.62. The maximum absolute atomic E-state index is 12.4. The number of carbonyl (C=O) groups is 2. The van der Waals surface area contributed by atoms with Gasteiger partial charge in [0.1, 0.15) is 5.69 Å². The Hall–Kier alpha value is -3.45. The molecule has 0 aliphatic rings. The number of aromatic nitrogens is 2. The van der Waals surface area contributed by atoms with E-state index in [2.05, 4.69) is 15.5 Å². The van der Waals surface area contributed by atoms with Crippen LogP contribution in [0.2, 0.25) is 0 Å². The molecule has 0 aliphatic carbocycles. The fourth-order valence-corrected chi connectivity index (χ4v) is 2.54. The minimum absolute atomic E-state index is 0.266. The second-order valence-electron chi connectivity index (χ2n) is 5.79. The third-order valence-corrected chi connectivity index (χ3v) is 4.01. The zero-order valence-electron chi connectivity index (χ0n) is 14.1. The number of H-pyrrole nitrogens is 1. The van der Waals surface area contributed by atoms with E-state index in [0.717, 1.165) is 11.1 Å². The number of nitrogens with zero attached hydrogens (tertiary/aromatic N) is 1. The molecule has 2 aromatic carbocycles. The van der Waals surface area contributed by atoms with Crippen molar-refractivity contribution >= 4 is 11.8 Å². The summed E-state index contributed by atoms with van der Waals surface area (Å²) in [5.74, 6) is -0.858. The highest BCUT2D eigenvalue weighted by atomic mass is 16.5. The molecular weight excluding hydrogens is 332 g/mol. The number of carbonyl (C=O) groups excluding carboxylic acids is 2. The van der Waals surface area contributed by atoms with E-state index in [1.54, 1.807) is 35.8 Å². The molecule has 4 N–H and O–H groups in total. The molecule has 1 atom stereocenters. The van der Waals surface area contributed by atoms with Gasteiger partial charge in [0.25, 0.3) is 11.8 Å². The normalized spacial score (nSPS) is 11.6. The Kier molecular flexibility index (Phi) is 5.09. The summed E-state index contributed by atoms with van der Waals surface area (Å²) in [6.45, 7) is 1.84. The van der Waals surface area contributed by atoms with Gasteiger partial charge in [-0.3, -0.25) is 19.9 Å². The van der Waals surface area contributed by atoms with Gasteiger partial charge in [0.05, 0.1) is 11.7 Å². The predicted molar refractivity (Wildman–Crippen MR) is 95.6 cm³/mol. The molecule has 0 bridgehead atoms. The molecule has 3 aromatic rings. The average molecular weight is 350 g/mol. The third-order valence-electron chi connectivity index (χ3n) is 4.01. The van der Waals surface area contributed by atoms with Gasteiger partial charge in [-0.05, 0) is 30.7 Å².